The smallest absolute Gasteiger partial charge is 0.250 e. The summed E-state index contributed by atoms with van der Waals surface area (Å²) in [5.41, 5.74) is -0.644. The van der Waals surface area contributed by atoms with Gasteiger partial charge in [-0.05, 0) is 50.7 Å². The second-order valence-electron chi connectivity index (χ2n) is 10.0. The molecule has 0 aromatic heterocycles. The van der Waals surface area contributed by atoms with Crippen LogP contribution in [0.15, 0.2) is 18.2 Å². The molecule has 1 spiro atoms. The summed E-state index contributed by atoms with van der Waals surface area (Å²) in [7, 11) is 0. The Balaban J connectivity index is 1.79. The molecule has 3 amide bonds. The topological polar surface area (TPSA) is 108 Å². The van der Waals surface area contributed by atoms with E-state index in [0.717, 1.165) is 12.0 Å². The van der Waals surface area contributed by atoms with E-state index in [1.807, 2.05) is 33.8 Å². The molecule has 3 aliphatic rings. The molecule has 1 aromatic carbocycles. The van der Waals surface area contributed by atoms with Gasteiger partial charge >= 0.3 is 0 Å². The first kappa shape index (κ1) is 25.9. The Kier molecular flexibility index (Phi) is 7.19. The lowest BCUT2D eigenvalue weighted by Crippen LogP contribution is -2.56. The van der Waals surface area contributed by atoms with Crippen LogP contribution in [0.3, 0.4) is 0 Å². The number of para-hydroxylation sites is 1. The number of carbonyl (C=O) groups is 3. The Hall–Kier alpha value is -2.16. The highest BCUT2D eigenvalue weighted by atomic mass is 35.5. The van der Waals surface area contributed by atoms with Crippen LogP contribution in [-0.4, -0.2) is 64.2 Å². The first-order valence-corrected chi connectivity index (χ1v) is 13.1. The molecule has 3 aliphatic heterocycles. The fraction of sp³-hybridized carbons (Fsp3) is 0.654. The molecule has 3 N–H and O–H groups in total. The number of aliphatic hydroxyl groups excluding tert-OH is 1. The number of rotatable bonds is 9. The second-order valence-corrected chi connectivity index (χ2v) is 10.4. The van der Waals surface area contributed by atoms with Crippen molar-refractivity contribution in [1.29, 1.82) is 0 Å². The van der Waals surface area contributed by atoms with Gasteiger partial charge < -0.3 is 25.4 Å². The number of fused-ring (bicyclic) bond motifs is 1. The van der Waals surface area contributed by atoms with Crippen LogP contribution in [0.4, 0.5) is 5.69 Å². The van der Waals surface area contributed by atoms with Gasteiger partial charge in [0.1, 0.15) is 11.6 Å². The Morgan fingerprint density at radius 2 is 2.00 bits per heavy atom. The molecular weight excluding hydrogens is 470 g/mol. The summed E-state index contributed by atoms with van der Waals surface area (Å²) < 4.78 is 6.71. The molecule has 1 aromatic rings. The van der Waals surface area contributed by atoms with Crippen molar-refractivity contribution in [3.05, 3.63) is 28.8 Å². The average molecular weight is 506 g/mol. The van der Waals surface area contributed by atoms with E-state index in [2.05, 4.69) is 10.6 Å². The van der Waals surface area contributed by atoms with Gasteiger partial charge in [-0.25, -0.2) is 0 Å². The normalized spacial score (nSPS) is 32.0. The molecule has 9 heteroatoms. The summed E-state index contributed by atoms with van der Waals surface area (Å²) in [6.45, 7) is 7.88. The third-order valence-corrected chi connectivity index (χ3v) is 8.56. The van der Waals surface area contributed by atoms with Gasteiger partial charge in [0.05, 0.1) is 40.8 Å². The van der Waals surface area contributed by atoms with E-state index in [1.54, 1.807) is 12.1 Å². The van der Waals surface area contributed by atoms with Crippen LogP contribution in [0.25, 0.3) is 0 Å². The van der Waals surface area contributed by atoms with Gasteiger partial charge in [0.2, 0.25) is 17.7 Å². The number of halogens is 1. The molecule has 8 nitrogen and oxygen atoms in total. The molecule has 35 heavy (non-hydrogen) atoms. The highest BCUT2D eigenvalue weighted by molar-refractivity contribution is 6.34. The predicted molar refractivity (Wildman–Crippen MR) is 133 cm³/mol. The quantitative estimate of drug-likeness (QED) is 0.478. The van der Waals surface area contributed by atoms with Crippen molar-refractivity contribution >= 4 is 35.0 Å². The number of amides is 3. The minimum Gasteiger partial charge on any atom is -0.394 e. The number of aryl methyl sites for hydroxylation is 1. The van der Waals surface area contributed by atoms with Crippen LogP contribution in [0.5, 0.6) is 0 Å². The maximum Gasteiger partial charge on any atom is 0.250 e. The van der Waals surface area contributed by atoms with Gasteiger partial charge in [0.15, 0.2) is 0 Å². The monoisotopic (exact) mass is 505 g/mol. The summed E-state index contributed by atoms with van der Waals surface area (Å²) in [6.07, 6.45) is 2.89. The molecule has 0 saturated carbocycles. The highest BCUT2D eigenvalue weighted by Crippen LogP contribution is 2.64. The number of benzene rings is 1. The Morgan fingerprint density at radius 1 is 1.26 bits per heavy atom. The largest absolute Gasteiger partial charge is 0.394 e. The third-order valence-electron chi connectivity index (χ3n) is 8.24. The van der Waals surface area contributed by atoms with Crippen molar-refractivity contribution in [1.82, 2.24) is 10.2 Å². The summed E-state index contributed by atoms with van der Waals surface area (Å²) >= 11 is 6.39. The minimum absolute atomic E-state index is 0.200. The number of hydrogen-bond donors (Lipinski definition) is 3. The Labute approximate surface area is 211 Å². The zero-order chi connectivity index (χ0) is 25.5. The van der Waals surface area contributed by atoms with Gasteiger partial charge in [0.25, 0.3) is 0 Å². The maximum atomic E-state index is 14.0. The van der Waals surface area contributed by atoms with Gasteiger partial charge in [-0.3, -0.25) is 14.4 Å². The Bertz CT molecular complexity index is 994. The number of nitrogens with zero attached hydrogens (tertiary/aromatic N) is 1. The van der Waals surface area contributed by atoms with Crippen LogP contribution in [0.2, 0.25) is 5.02 Å². The fourth-order valence-electron chi connectivity index (χ4n) is 6.50. The molecule has 2 unspecified atom stereocenters. The van der Waals surface area contributed by atoms with E-state index < -0.39 is 41.0 Å². The predicted octanol–water partition coefficient (Wildman–Crippen LogP) is 3.04. The Morgan fingerprint density at radius 3 is 2.60 bits per heavy atom. The van der Waals surface area contributed by atoms with E-state index in [4.69, 9.17) is 16.3 Å². The molecule has 2 bridgehead atoms. The molecule has 0 radical (unpaired) electrons. The van der Waals surface area contributed by atoms with Crippen molar-refractivity contribution in [2.45, 2.75) is 83.1 Å². The lowest BCUT2D eigenvalue weighted by Gasteiger charge is -2.37. The van der Waals surface area contributed by atoms with E-state index in [-0.39, 0.29) is 18.4 Å². The summed E-state index contributed by atoms with van der Waals surface area (Å²) in [6, 6.07) is 3.80. The lowest BCUT2D eigenvalue weighted by atomic mass is 9.65. The second kappa shape index (κ2) is 9.71. The van der Waals surface area contributed by atoms with E-state index in [0.29, 0.717) is 42.9 Å². The summed E-state index contributed by atoms with van der Waals surface area (Å²) in [5.74, 6) is -2.37. The third kappa shape index (κ3) is 3.85. The molecule has 6 atom stereocenters. The molecular formula is C26H36ClN3O5. The molecule has 192 valence electrons. The number of nitrogens with one attached hydrogen (secondary N) is 2. The van der Waals surface area contributed by atoms with Crippen molar-refractivity contribution in [2.24, 2.45) is 11.8 Å². The minimum atomic E-state index is -1.14. The number of hydrogen-bond acceptors (Lipinski definition) is 5. The number of anilines is 1. The van der Waals surface area contributed by atoms with E-state index in [1.165, 1.54) is 4.90 Å². The van der Waals surface area contributed by atoms with Gasteiger partial charge in [-0.15, -0.1) is 0 Å². The SMILES string of the molecule is CCCNC(=O)[C@@H]1[C@H]2C(=O)N([C@@H](CC)CO)C(C(=O)Nc3c(C)cccc3Cl)C23CC[C@@]1(CC)O3. The first-order chi connectivity index (χ1) is 16.7. The number of carbonyl (C=O) groups excluding carboxylic acids is 3. The molecule has 3 heterocycles. The molecule has 3 saturated heterocycles. The molecule has 3 fully saturated rings. The first-order valence-electron chi connectivity index (χ1n) is 12.7. The number of aliphatic hydroxyl groups is 1. The molecule has 4 rings (SSSR count). The highest BCUT2D eigenvalue weighted by Gasteiger charge is 2.79. The summed E-state index contributed by atoms with van der Waals surface area (Å²) in [4.78, 5) is 42.8. The van der Waals surface area contributed by atoms with Crippen LogP contribution in [0.1, 0.15) is 58.4 Å². The van der Waals surface area contributed by atoms with Crippen LogP contribution < -0.4 is 10.6 Å². The fourth-order valence-corrected chi connectivity index (χ4v) is 6.77. The van der Waals surface area contributed by atoms with E-state index in [9.17, 15) is 19.5 Å². The lowest BCUT2D eigenvalue weighted by molar-refractivity contribution is -0.149. The van der Waals surface area contributed by atoms with E-state index >= 15 is 0 Å². The van der Waals surface area contributed by atoms with Gasteiger partial charge in [-0.1, -0.05) is 44.5 Å². The maximum absolute atomic E-state index is 14.0. The molecule has 0 aliphatic carbocycles. The standard InChI is InChI=1S/C26H36ClN3O5/c1-5-13-28-22(32)18-19-24(34)30(16(6-2)14-31)21(26(19)12-11-25(18,7-3)35-26)23(33)29-20-15(4)9-8-10-17(20)27/h8-10,16,18-19,21,31H,5-7,11-14H2,1-4H3,(H,28,32)(H,29,33)/t16-,18-,19-,21?,25+,26?/m0/s1. The zero-order valence-electron chi connectivity index (χ0n) is 20.9. The van der Waals surface area contributed by atoms with Gasteiger partial charge in [0, 0.05) is 6.54 Å². The van der Waals surface area contributed by atoms with Crippen molar-refractivity contribution in [3.8, 4) is 0 Å². The number of ether oxygens (including phenoxy) is 1. The van der Waals surface area contributed by atoms with Crippen LogP contribution in [-0.2, 0) is 19.1 Å². The average Bonchev–Trinajstić information content (AvgIpc) is 3.45. The zero-order valence-corrected chi connectivity index (χ0v) is 21.7. The van der Waals surface area contributed by atoms with Crippen LogP contribution >= 0.6 is 11.6 Å². The van der Waals surface area contributed by atoms with Crippen molar-refractivity contribution in [2.75, 3.05) is 18.5 Å². The van der Waals surface area contributed by atoms with Crippen molar-refractivity contribution < 1.29 is 24.2 Å². The summed E-state index contributed by atoms with van der Waals surface area (Å²) in [5, 5.41) is 16.4. The number of likely N-dealkylation sites (tertiary alicyclic amines) is 1. The van der Waals surface area contributed by atoms with Crippen molar-refractivity contribution in [3.63, 3.8) is 0 Å². The van der Waals surface area contributed by atoms with Gasteiger partial charge in [-0.2, -0.15) is 0 Å². The van der Waals surface area contributed by atoms with Crippen LogP contribution in [0, 0.1) is 18.8 Å².